The van der Waals surface area contributed by atoms with Crippen molar-refractivity contribution in [1.82, 2.24) is 0 Å². The summed E-state index contributed by atoms with van der Waals surface area (Å²) in [6.07, 6.45) is 2.16. The van der Waals surface area contributed by atoms with Gasteiger partial charge in [-0.2, -0.15) is 0 Å². The number of rotatable bonds is 3. The molecule has 1 aliphatic rings. The molecule has 0 saturated heterocycles. The van der Waals surface area contributed by atoms with Gasteiger partial charge in [-0.15, -0.1) is 0 Å². The molecule has 15 heavy (non-hydrogen) atoms. The predicted molar refractivity (Wildman–Crippen MR) is 58.8 cm³/mol. The van der Waals surface area contributed by atoms with E-state index in [-0.39, 0.29) is 0 Å². The number of aldehydes is 1. The topological polar surface area (TPSA) is 35.5 Å². The lowest BCUT2D eigenvalue weighted by atomic mass is 10.0. The molecule has 0 amide bonds. The van der Waals surface area contributed by atoms with E-state index < -0.39 is 0 Å². The summed E-state index contributed by atoms with van der Waals surface area (Å²) < 4.78 is 11.6. The molecule has 0 atom stereocenters. The fraction of sp³-hybridized carbons (Fsp3) is 0.364. The summed E-state index contributed by atoms with van der Waals surface area (Å²) in [5.41, 5.74) is 2.10. The average Bonchev–Trinajstić information content (AvgIpc) is 2.25. The van der Waals surface area contributed by atoms with E-state index in [9.17, 15) is 4.79 Å². The number of carbonyl (C=O) groups is 1. The van der Waals surface area contributed by atoms with Crippen LogP contribution < -0.4 is 4.74 Å². The van der Waals surface area contributed by atoms with Crippen molar-refractivity contribution in [2.24, 2.45) is 0 Å². The number of carbonyl (C=O) groups excluding carboxylic acids is 1. The van der Waals surface area contributed by atoms with Crippen molar-refractivity contribution in [3.05, 3.63) is 27.7 Å². The molecule has 0 spiro atoms. The van der Waals surface area contributed by atoms with Crippen LogP contribution in [-0.4, -0.2) is 13.1 Å². The largest absolute Gasteiger partial charge is 0.467 e. The molecule has 0 saturated carbocycles. The van der Waals surface area contributed by atoms with E-state index >= 15 is 0 Å². The van der Waals surface area contributed by atoms with Gasteiger partial charge in [-0.3, -0.25) is 0 Å². The Hall–Kier alpha value is -0.870. The van der Waals surface area contributed by atoms with E-state index in [0.29, 0.717) is 26.2 Å². The molecular formula is C11H11BrO3. The summed E-state index contributed by atoms with van der Waals surface area (Å²) in [6.45, 7) is 0.867. The lowest BCUT2D eigenvalue weighted by Gasteiger charge is -2.20. The molecule has 2 rings (SSSR count). The van der Waals surface area contributed by atoms with Crippen LogP contribution in [0.3, 0.4) is 0 Å². The van der Waals surface area contributed by atoms with E-state index in [2.05, 4.69) is 15.9 Å². The third-order valence-electron chi connectivity index (χ3n) is 2.28. The fourth-order valence-electron chi connectivity index (χ4n) is 1.66. The molecule has 4 heteroatoms. The molecule has 80 valence electrons. The van der Waals surface area contributed by atoms with Gasteiger partial charge in [0.2, 0.25) is 0 Å². The summed E-state index contributed by atoms with van der Waals surface area (Å²) in [5.74, 6) is 0.881. The third kappa shape index (κ3) is 2.38. The molecule has 0 aliphatic carbocycles. The van der Waals surface area contributed by atoms with Crippen molar-refractivity contribution in [2.45, 2.75) is 19.4 Å². The van der Waals surface area contributed by atoms with Gasteiger partial charge in [-0.25, -0.2) is 0 Å². The maximum atomic E-state index is 10.4. The van der Waals surface area contributed by atoms with Crippen LogP contribution >= 0.6 is 15.9 Å². The summed E-state index contributed by atoms with van der Waals surface area (Å²) in [6, 6.07) is 3.98. The Kier molecular flexibility index (Phi) is 3.38. The first-order valence-corrected chi connectivity index (χ1v) is 5.56. The highest BCUT2D eigenvalue weighted by Crippen LogP contribution is 2.32. The number of halogens is 1. The molecular weight excluding hydrogens is 260 g/mol. The first-order chi connectivity index (χ1) is 7.31. The van der Waals surface area contributed by atoms with Crippen molar-refractivity contribution >= 4 is 22.2 Å². The number of hydrogen-bond acceptors (Lipinski definition) is 3. The van der Waals surface area contributed by atoms with Crippen molar-refractivity contribution in [2.75, 3.05) is 6.79 Å². The molecule has 0 unspecified atom stereocenters. The Balaban J connectivity index is 2.34. The monoisotopic (exact) mass is 270 g/mol. The van der Waals surface area contributed by atoms with Gasteiger partial charge < -0.3 is 14.3 Å². The smallest absolute Gasteiger partial charge is 0.189 e. The zero-order chi connectivity index (χ0) is 10.7. The van der Waals surface area contributed by atoms with Crippen LogP contribution in [0.2, 0.25) is 0 Å². The lowest BCUT2D eigenvalue weighted by Crippen LogP contribution is -2.13. The van der Waals surface area contributed by atoms with Gasteiger partial charge in [0.15, 0.2) is 6.79 Å². The van der Waals surface area contributed by atoms with Gasteiger partial charge in [0.25, 0.3) is 0 Å². The summed E-state index contributed by atoms with van der Waals surface area (Å²) >= 11 is 3.43. The van der Waals surface area contributed by atoms with Crippen LogP contribution in [-0.2, 0) is 22.6 Å². The summed E-state index contributed by atoms with van der Waals surface area (Å²) in [5, 5.41) is 0. The zero-order valence-corrected chi connectivity index (χ0v) is 9.75. The first-order valence-electron chi connectivity index (χ1n) is 4.76. The SMILES string of the molecule is O=CCCc1cc(Br)cc2c1OCOC2. The summed E-state index contributed by atoms with van der Waals surface area (Å²) in [7, 11) is 0. The molecule has 0 radical (unpaired) electrons. The zero-order valence-electron chi connectivity index (χ0n) is 8.16. The quantitative estimate of drug-likeness (QED) is 0.792. The van der Waals surface area contributed by atoms with E-state index in [4.69, 9.17) is 9.47 Å². The number of ether oxygens (including phenoxy) is 2. The van der Waals surface area contributed by atoms with Crippen LogP contribution in [0.5, 0.6) is 5.75 Å². The third-order valence-corrected chi connectivity index (χ3v) is 2.74. The van der Waals surface area contributed by atoms with Gasteiger partial charge in [-0.1, -0.05) is 15.9 Å². The lowest BCUT2D eigenvalue weighted by molar-refractivity contribution is -0.107. The number of fused-ring (bicyclic) bond motifs is 1. The Morgan fingerprint density at radius 1 is 1.47 bits per heavy atom. The molecule has 0 fully saturated rings. The van der Waals surface area contributed by atoms with E-state index in [1.54, 1.807) is 0 Å². The van der Waals surface area contributed by atoms with Gasteiger partial charge in [-0.05, 0) is 24.1 Å². The molecule has 0 aromatic heterocycles. The van der Waals surface area contributed by atoms with E-state index in [1.807, 2.05) is 12.1 Å². The predicted octanol–water partition coefficient (Wildman–Crippen LogP) is 2.45. The molecule has 3 nitrogen and oxygen atoms in total. The number of aryl methyl sites for hydroxylation is 1. The summed E-state index contributed by atoms with van der Waals surface area (Å²) in [4.78, 5) is 10.4. The Morgan fingerprint density at radius 2 is 2.33 bits per heavy atom. The highest BCUT2D eigenvalue weighted by molar-refractivity contribution is 9.10. The van der Waals surface area contributed by atoms with Gasteiger partial charge in [0, 0.05) is 16.5 Å². The van der Waals surface area contributed by atoms with Crippen LogP contribution in [0.25, 0.3) is 0 Å². The second kappa shape index (κ2) is 4.77. The normalized spacial score (nSPS) is 14.2. The molecule has 0 N–H and O–H groups in total. The first kappa shape index (κ1) is 10.6. The van der Waals surface area contributed by atoms with Crippen molar-refractivity contribution < 1.29 is 14.3 Å². The minimum atomic E-state index is 0.294. The van der Waals surface area contributed by atoms with Crippen LogP contribution in [0.4, 0.5) is 0 Å². The molecule has 1 aromatic carbocycles. The van der Waals surface area contributed by atoms with Crippen molar-refractivity contribution in [1.29, 1.82) is 0 Å². The van der Waals surface area contributed by atoms with Crippen molar-refractivity contribution in [3.63, 3.8) is 0 Å². The van der Waals surface area contributed by atoms with Crippen LogP contribution in [0.1, 0.15) is 17.5 Å². The number of hydrogen-bond donors (Lipinski definition) is 0. The van der Waals surface area contributed by atoms with Gasteiger partial charge in [0.1, 0.15) is 12.0 Å². The highest BCUT2D eigenvalue weighted by atomic mass is 79.9. The van der Waals surface area contributed by atoms with Crippen molar-refractivity contribution in [3.8, 4) is 5.75 Å². The highest BCUT2D eigenvalue weighted by Gasteiger charge is 2.15. The van der Waals surface area contributed by atoms with Crippen LogP contribution in [0.15, 0.2) is 16.6 Å². The molecule has 0 bridgehead atoms. The fourth-order valence-corrected chi connectivity index (χ4v) is 2.21. The standard InChI is InChI=1S/C11H11BrO3/c12-10-4-8(2-1-3-13)11-9(5-10)6-14-7-15-11/h3-5H,1-2,6-7H2. The minimum Gasteiger partial charge on any atom is -0.467 e. The Bertz CT molecular complexity index is 376. The van der Waals surface area contributed by atoms with Gasteiger partial charge in [0.05, 0.1) is 6.61 Å². The second-order valence-corrected chi connectivity index (χ2v) is 4.28. The molecule has 1 aliphatic heterocycles. The Morgan fingerprint density at radius 3 is 3.13 bits per heavy atom. The molecule has 1 heterocycles. The van der Waals surface area contributed by atoms with Crippen LogP contribution in [0, 0.1) is 0 Å². The van der Waals surface area contributed by atoms with E-state index in [0.717, 1.165) is 27.6 Å². The maximum Gasteiger partial charge on any atom is 0.189 e. The second-order valence-electron chi connectivity index (χ2n) is 3.37. The Labute approximate surface area is 96.5 Å². The minimum absolute atomic E-state index is 0.294. The molecule has 1 aromatic rings. The number of benzene rings is 1. The maximum absolute atomic E-state index is 10.4. The van der Waals surface area contributed by atoms with E-state index in [1.165, 1.54) is 0 Å². The van der Waals surface area contributed by atoms with Gasteiger partial charge >= 0.3 is 0 Å². The average molecular weight is 271 g/mol.